The molecule has 0 saturated heterocycles. The van der Waals surface area contributed by atoms with Crippen molar-refractivity contribution in [3.05, 3.63) is 0 Å². The lowest BCUT2D eigenvalue weighted by Crippen LogP contribution is -1.98. The number of nitrogens with zero attached hydrogens (tertiary/aromatic N) is 14. The van der Waals surface area contributed by atoms with Gasteiger partial charge in [-0.05, 0) is 97.4 Å². The number of hydrogen-bond donors (Lipinski definition) is 2. The standard InChI is InChI=1S/C56H74N16S8/c1-9-17-25-73-49-50(74-26-18-10-2)58-34-33(57-49)41-65-42(34)70-44-37-38(62-54(78-30-22-14-6)53(61-37)77-29-21-13-5)46(67-44)72-48-40-39(63-55(79-31-23-15-7)56(64-40)80-32-24-16-8)47(68-48)71-45-36-35(43(66-45)69-41)59-51(75-27-19-11-3)52(60-36)76-28-20-12-4/h9-32H2,1-8H3,(H2,65,66,67,68,69,70,71,72). The third kappa shape index (κ3) is 14.9. The predicted octanol–water partition coefficient (Wildman–Crippen LogP) is 17.2. The van der Waals surface area contributed by atoms with Crippen LogP contribution in [0, 0.1) is 0 Å². The minimum Gasteiger partial charge on any atom is -0.321 e. The van der Waals surface area contributed by atoms with Crippen molar-refractivity contribution in [3.8, 4) is 46.1 Å². The highest BCUT2D eigenvalue weighted by Gasteiger charge is 2.30. The molecule has 9 rings (SSSR count). The summed E-state index contributed by atoms with van der Waals surface area (Å²) < 4.78 is 0. The molecule has 0 aromatic carbocycles. The number of nitrogens with one attached hydrogen (secondary N) is 2. The zero-order valence-corrected chi connectivity index (χ0v) is 54.0. The van der Waals surface area contributed by atoms with Crippen LogP contribution in [0.2, 0.25) is 0 Å². The van der Waals surface area contributed by atoms with Crippen molar-refractivity contribution in [3.63, 3.8) is 0 Å². The zero-order valence-electron chi connectivity index (χ0n) is 47.5. The molecular weight excluding hydrogens is 1150 g/mol. The molecule has 2 aliphatic heterocycles. The topological polar surface area (TPSA) is 212 Å². The van der Waals surface area contributed by atoms with E-state index in [1.807, 2.05) is 0 Å². The zero-order chi connectivity index (χ0) is 55.8. The van der Waals surface area contributed by atoms with Crippen molar-refractivity contribution in [2.75, 3.05) is 46.0 Å². The molecule has 0 spiro atoms. The first-order valence-electron chi connectivity index (χ1n) is 28.9. The summed E-state index contributed by atoms with van der Waals surface area (Å²) in [4.78, 5) is 82.9. The van der Waals surface area contributed by atoms with Crippen molar-refractivity contribution in [1.82, 2.24) is 79.7 Å². The molecule has 16 nitrogen and oxygen atoms in total. The summed E-state index contributed by atoms with van der Waals surface area (Å²) >= 11 is 13.9. The van der Waals surface area contributed by atoms with Crippen LogP contribution in [0.1, 0.15) is 158 Å². The van der Waals surface area contributed by atoms with E-state index in [1.165, 1.54) is 0 Å². The highest BCUT2D eigenvalue weighted by Crippen LogP contribution is 2.42. The van der Waals surface area contributed by atoms with Crippen LogP contribution in [-0.4, -0.2) is 126 Å². The van der Waals surface area contributed by atoms with Gasteiger partial charge in [0, 0.05) is 0 Å². The average molecular weight is 1230 g/mol. The Labute approximate surface area is 505 Å². The number of aromatic nitrogens is 16. The minimum atomic E-state index is 0.364. The number of unbranched alkanes of at least 4 members (excludes halogenated alkanes) is 8. The van der Waals surface area contributed by atoms with Crippen LogP contribution in [0.4, 0.5) is 0 Å². The molecular formula is C56H74N16S8. The smallest absolute Gasteiger partial charge is 0.184 e. The second-order valence-electron chi connectivity index (χ2n) is 19.4. The van der Waals surface area contributed by atoms with Gasteiger partial charge in [-0.25, -0.2) is 69.8 Å². The van der Waals surface area contributed by atoms with Crippen LogP contribution in [0.3, 0.4) is 0 Å². The Bertz CT molecular complexity index is 2980. The van der Waals surface area contributed by atoms with E-state index in [1.54, 1.807) is 94.1 Å². The first-order chi connectivity index (χ1) is 39.3. The van der Waals surface area contributed by atoms with Crippen LogP contribution in [-0.2, 0) is 0 Å². The summed E-state index contributed by atoms with van der Waals surface area (Å²) in [7, 11) is 0. The summed E-state index contributed by atoms with van der Waals surface area (Å²) in [5, 5.41) is 6.97. The number of H-pyrrole nitrogens is 2. The highest BCUT2D eigenvalue weighted by molar-refractivity contribution is 8.03. The molecule has 0 aliphatic carbocycles. The summed E-state index contributed by atoms with van der Waals surface area (Å²) in [5.41, 5.74) is 6.30. The maximum Gasteiger partial charge on any atom is 0.184 e. The second kappa shape index (κ2) is 30.9. The Balaban J connectivity index is 1.41. The lowest BCUT2D eigenvalue weighted by Gasteiger charge is -2.09. The Morgan fingerprint density at radius 2 is 0.400 bits per heavy atom. The molecule has 426 valence electrons. The van der Waals surface area contributed by atoms with E-state index in [0.29, 0.717) is 90.7 Å². The average Bonchev–Trinajstić information content (AvgIpc) is 4.23. The van der Waals surface area contributed by atoms with Gasteiger partial charge in [-0.1, -0.05) is 107 Å². The third-order valence-electron chi connectivity index (χ3n) is 12.7. The first-order valence-corrected chi connectivity index (χ1v) is 36.7. The van der Waals surface area contributed by atoms with Gasteiger partial charge in [0.1, 0.15) is 85.1 Å². The van der Waals surface area contributed by atoms with Crippen molar-refractivity contribution >= 4 is 139 Å². The number of aromatic amines is 2. The van der Waals surface area contributed by atoms with E-state index in [-0.39, 0.29) is 0 Å². The second-order valence-corrected chi connectivity index (χ2v) is 28.0. The molecule has 0 saturated carbocycles. The number of rotatable bonds is 32. The lowest BCUT2D eigenvalue weighted by atomic mass is 10.3. The number of thioether (sulfide) groups is 8. The fourth-order valence-corrected chi connectivity index (χ4v) is 17.1. The normalized spacial score (nSPS) is 12.1. The van der Waals surface area contributed by atoms with Gasteiger partial charge in [0.15, 0.2) is 45.9 Å². The molecule has 0 atom stereocenters. The molecule has 7 aromatic heterocycles. The third-order valence-corrected chi connectivity index (χ3v) is 21.7. The van der Waals surface area contributed by atoms with E-state index < -0.39 is 0 Å². The molecule has 0 unspecified atom stereocenters. The molecule has 0 radical (unpaired) electrons. The van der Waals surface area contributed by atoms with Crippen molar-refractivity contribution in [2.45, 2.75) is 198 Å². The molecule has 80 heavy (non-hydrogen) atoms. The van der Waals surface area contributed by atoms with Gasteiger partial charge in [-0.3, -0.25) is 0 Å². The fourth-order valence-electron chi connectivity index (χ4n) is 8.09. The Hall–Kier alpha value is -3.52. The van der Waals surface area contributed by atoms with E-state index in [4.69, 9.17) is 69.8 Å². The van der Waals surface area contributed by atoms with E-state index in [2.05, 4.69) is 65.4 Å². The van der Waals surface area contributed by atoms with Gasteiger partial charge in [-0.15, -0.1) is 94.1 Å². The molecule has 7 aromatic rings. The minimum absolute atomic E-state index is 0.364. The van der Waals surface area contributed by atoms with Crippen LogP contribution >= 0.6 is 94.1 Å². The van der Waals surface area contributed by atoms with Crippen LogP contribution in [0.25, 0.3) is 90.7 Å². The molecule has 0 amide bonds. The quantitative estimate of drug-likeness (QED) is 0.0296. The van der Waals surface area contributed by atoms with Crippen molar-refractivity contribution in [1.29, 1.82) is 0 Å². The highest BCUT2D eigenvalue weighted by atomic mass is 32.2. The summed E-state index contributed by atoms with van der Waals surface area (Å²) in [6, 6.07) is 0. The van der Waals surface area contributed by atoms with Crippen molar-refractivity contribution < 1.29 is 0 Å². The maximum atomic E-state index is 5.44. The summed E-state index contributed by atoms with van der Waals surface area (Å²) in [5.74, 6) is 8.79. The van der Waals surface area contributed by atoms with Gasteiger partial charge >= 0.3 is 0 Å². The first kappa shape index (κ1) is 61.1. The summed E-state index contributed by atoms with van der Waals surface area (Å²) in [6.07, 6.45) is 17.1. The monoisotopic (exact) mass is 1230 g/mol. The van der Waals surface area contributed by atoms with Crippen molar-refractivity contribution in [2.24, 2.45) is 0 Å². The molecule has 24 heteroatoms. The molecule has 2 N–H and O–H groups in total. The van der Waals surface area contributed by atoms with Gasteiger partial charge in [0.25, 0.3) is 0 Å². The van der Waals surface area contributed by atoms with Gasteiger partial charge in [0.05, 0.1) is 0 Å². The summed E-state index contributed by atoms with van der Waals surface area (Å²) in [6.45, 7) is 17.7. The van der Waals surface area contributed by atoms with Gasteiger partial charge < -0.3 is 9.97 Å². The Kier molecular flexibility index (Phi) is 23.6. The van der Waals surface area contributed by atoms with Gasteiger partial charge in [-0.2, -0.15) is 0 Å². The SMILES string of the molecule is CCCCSc1nc2c(nc1SCCCC)-c1nc-2nc2[nH]c(nc3nc(nc4[nH]c(n1)c1nc(SCCCC)c(SCCCC)nc41)-c1nc(SCCCC)c(SCCCC)nc1-3)c1nc(SCCCC)c(SCCCC)nc21. The maximum absolute atomic E-state index is 5.44. The van der Waals surface area contributed by atoms with E-state index in [9.17, 15) is 0 Å². The van der Waals surface area contributed by atoms with Crippen LogP contribution in [0.5, 0.6) is 0 Å². The number of fused-ring (bicyclic) bond motifs is 20. The molecule has 0 fully saturated rings. The Morgan fingerprint density at radius 3 is 0.575 bits per heavy atom. The fraction of sp³-hybridized carbons (Fsp3) is 0.571. The lowest BCUT2D eigenvalue weighted by molar-refractivity contribution is 0.876. The largest absolute Gasteiger partial charge is 0.321 e. The Morgan fingerprint density at radius 1 is 0.225 bits per heavy atom. The van der Waals surface area contributed by atoms with E-state index in [0.717, 1.165) is 189 Å². The predicted molar refractivity (Wildman–Crippen MR) is 343 cm³/mol. The molecule has 2 aliphatic rings. The van der Waals surface area contributed by atoms with Crippen LogP contribution in [0.15, 0.2) is 40.2 Å². The molecule has 8 bridgehead atoms. The molecule has 9 heterocycles. The van der Waals surface area contributed by atoms with Crippen LogP contribution < -0.4 is 0 Å². The van der Waals surface area contributed by atoms with Gasteiger partial charge in [0.2, 0.25) is 0 Å². The number of hydrogen-bond acceptors (Lipinski definition) is 22. The van der Waals surface area contributed by atoms with E-state index >= 15 is 0 Å².